The number of ketones is 1. The lowest BCUT2D eigenvalue weighted by atomic mass is 9.91. The van der Waals surface area contributed by atoms with E-state index in [9.17, 15) is 9.90 Å². The van der Waals surface area contributed by atoms with Crippen molar-refractivity contribution in [3.8, 4) is 0 Å². The molecule has 21 heavy (non-hydrogen) atoms. The van der Waals surface area contributed by atoms with Crippen LogP contribution in [0, 0.1) is 17.3 Å². The van der Waals surface area contributed by atoms with Crippen LogP contribution in [0.25, 0.3) is 0 Å². The maximum absolute atomic E-state index is 12.3. The third-order valence-corrected chi connectivity index (χ3v) is 4.57. The summed E-state index contributed by atoms with van der Waals surface area (Å²) in [5.74, 6) is -1.45. The molecular weight excluding hydrogens is 272 g/mol. The SMILES string of the molecule is C=C[C@@H]1C[C@@H](O)C[C@H]1C(=O)/C=C/C12OCC(C)(CO1)CO2. The fourth-order valence-corrected chi connectivity index (χ4v) is 3.16. The molecule has 4 fully saturated rings. The Balaban J connectivity index is 1.66. The molecule has 1 saturated carbocycles. The average Bonchev–Trinajstić information content (AvgIpc) is 2.88. The topological polar surface area (TPSA) is 65.0 Å². The molecule has 0 aromatic heterocycles. The number of carbonyl (C=O) groups excluding carboxylic acids is 1. The van der Waals surface area contributed by atoms with Crippen LogP contribution < -0.4 is 0 Å². The van der Waals surface area contributed by atoms with Gasteiger partial charge in [0.25, 0.3) is 0 Å². The number of ether oxygens (including phenoxy) is 3. The van der Waals surface area contributed by atoms with Crippen molar-refractivity contribution in [3.05, 3.63) is 24.8 Å². The second kappa shape index (κ2) is 5.32. The second-order valence-corrected chi connectivity index (χ2v) is 6.65. The fourth-order valence-electron chi connectivity index (χ4n) is 3.16. The Morgan fingerprint density at radius 1 is 1.24 bits per heavy atom. The van der Waals surface area contributed by atoms with Gasteiger partial charge in [0.1, 0.15) is 0 Å². The Labute approximate surface area is 124 Å². The van der Waals surface area contributed by atoms with Crippen molar-refractivity contribution in [3.63, 3.8) is 0 Å². The predicted molar refractivity (Wildman–Crippen MR) is 75.3 cm³/mol. The third-order valence-electron chi connectivity index (χ3n) is 4.57. The summed E-state index contributed by atoms with van der Waals surface area (Å²) in [5, 5.41) is 9.70. The quantitative estimate of drug-likeness (QED) is 0.627. The summed E-state index contributed by atoms with van der Waals surface area (Å²) >= 11 is 0. The minimum Gasteiger partial charge on any atom is -0.393 e. The van der Waals surface area contributed by atoms with Gasteiger partial charge in [0, 0.05) is 17.4 Å². The van der Waals surface area contributed by atoms with Gasteiger partial charge in [-0.15, -0.1) is 6.58 Å². The van der Waals surface area contributed by atoms with E-state index in [1.54, 1.807) is 12.2 Å². The number of rotatable bonds is 4. The van der Waals surface area contributed by atoms with Gasteiger partial charge in [0.2, 0.25) is 0 Å². The predicted octanol–water partition coefficient (Wildman–Crippen LogP) is 1.42. The Hall–Kier alpha value is -1.01. The van der Waals surface area contributed by atoms with Crippen LogP contribution in [0.4, 0.5) is 0 Å². The Morgan fingerprint density at radius 2 is 1.86 bits per heavy atom. The van der Waals surface area contributed by atoms with Gasteiger partial charge in [-0.05, 0) is 24.8 Å². The first-order chi connectivity index (χ1) is 9.95. The molecule has 0 spiro atoms. The van der Waals surface area contributed by atoms with Crippen LogP contribution in [-0.4, -0.2) is 42.8 Å². The molecule has 0 aromatic rings. The van der Waals surface area contributed by atoms with E-state index < -0.39 is 12.1 Å². The van der Waals surface area contributed by atoms with E-state index >= 15 is 0 Å². The van der Waals surface area contributed by atoms with Crippen LogP contribution in [0.2, 0.25) is 0 Å². The van der Waals surface area contributed by atoms with Gasteiger partial charge in [-0.1, -0.05) is 13.0 Å². The number of aliphatic hydroxyl groups is 1. The Bertz CT molecular complexity index is 445. The molecule has 5 nitrogen and oxygen atoms in total. The van der Waals surface area contributed by atoms with Crippen molar-refractivity contribution in [2.45, 2.75) is 31.8 Å². The van der Waals surface area contributed by atoms with Gasteiger partial charge in [-0.2, -0.15) is 0 Å². The van der Waals surface area contributed by atoms with Crippen LogP contribution in [0.15, 0.2) is 24.8 Å². The molecule has 0 amide bonds. The summed E-state index contributed by atoms with van der Waals surface area (Å²) in [5.41, 5.74) is -0.0942. The summed E-state index contributed by atoms with van der Waals surface area (Å²) in [4.78, 5) is 12.3. The molecule has 3 aliphatic heterocycles. The lowest BCUT2D eigenvalue weighted by Gasteiger charge is -2.49. The first-order valence-electron chi connectivity index (χ1n) is 7.41. The Kier molecular flexibility index (Phi) is 3.78. The number of hydrogen-bond acceptors (Lipinski definition) is 5. The van der Waals surface area contributed by atoms with E-state index in [0.717, 1.165) is 0 Å². The molecule has 0 aromatic carbocycles. The van der Waals surface area contributed by atoms with Gasteiger partial charge in [-0.25, -0.2) is 0 Å². The molecule has 4 aliphatic rings. The number of carbonyl (C=O) groups is 1. The molecule has 3 atom stereocenters. The summed E-state index contributed by atoms with van der Waals surface area (Å²) < 4.78 is 16.8. The number of aliphatic hydroxyl groups excluding tert-OH is 1. The monoisotopic (exact) mass is 294 g/mol. The van der Waals surface area contributed by atoms with Crippen molar-refractivity contribution >= 4 is 5.78 Å². The van der Waals surface area contributed by atoms with Crippen LogP contribution in [0.3, 0.4) is 0 Å². The van der Waals surface area contributed by atoms with Gasteiger partial charge in [-0.3, -0.25) is 4.79 Å². The standard InChI is InChI=1S/C16H22O5/c1-3-11-6-12(17)7-13(11)14(18)4-5-16-19-8-15(2,9-20-16)10-21-16/h3-5,11-13,17H,1,6-10H2,2H3/b5-4+/t11-,12-,13-,15?,16?/m1/s1. The summed E-state index contributed by atoms with van der Waals surface area (Å²) in [6, 6.07) is 0. The van der Waals surface area contributed by atoms with E-state index in [1.807, 2.05) is 6.92 Å². The molecule has 5 heteroatoms. The van der Waals surface area contributed by atoms with Crippen molar-refractivity contribution < 1.29 is 24.1 Å². The van der Waals surface area contributed by atoms with E-state index in [-0.39, 0.29) is 23.0 Å². The van der Waals surface area contributed by atoms with Gasteiger partial charge >= 0.3 is 5.97 Å². The summed E-state index contributed by atoms with van der Waals surface area (Å²) in [6.45, 7) is 7.46. The largest absolute Gasteiger partial charge is 0.393 e. The zero-order valence-corrected chi connectivity index (χ0v) is 12.3. The lowest BCUT2D eigenvalue weighted by molar-refractivity contribution is -0.441. The maximum atomic E-state index is 12.3. The highest BCUT2D eigenvalue weighted by Gasteiger charge is 2.49. The molecule has 1 aliphatic carbocycles. The van der Waals surface area contributed by atoms with Crippen molar-refractivity contribution in [1.82, 2.24) is 0 Å². The highest BCUT2D eigenvalue weighted by molar-refractivity contribution is 5.92. The van der Waals surface area contributed by atoms with Gasteiger partial charge in [0.15, 0.2) is 5.78 Å². The number of allylic oxidation sites excluding steroid dienone is 2. The minimum absolute atomic E-state index is 0.0263. The molecule has 116 valence electrons. The molecule has 0 unspecified atom stereocenters. The normalized spacial score (nSPS) is 46.1. The smallest absolute Gasteiger partial charge is 0.305 e. The molecule has 3 heterocycles. The number of hydrogen-bond donors (Lipinski definition) is 1. The lowest BCUT2D eigenvalue weighted by Crippen LogP contribution is -2.58. The highest BCUT2D eigenvalue weighted by atomic mass is 16.9. The molecule has 3 saturated heterocycles. The maximum Gasteiger partial charge on any atom is 0.305 e. The summed E-state index contributed by atoms with van der Waals surface area (Å²) in [7, 11) is 0. The first-order valence-corrected chi connectivity index (χ1v) is 7.41. The van der Waals surface area contributed by atoms with Crippen molar-refractivity contribution in [1.29, 1.82) is 0 Å². The molecule has 2 bridgehead atoms. The Morgan fingerprint density at radius 3 is 2.43 bits per heavy atom. The van der Waals surface area contributed by atoms with Crippen LogP contribution in [0.5, 0.6) is 0 Å². The van der Waals surface area contributed by atoms with Crippen molar-refractivity contribution in [2.75, 3.05) is 19.8 Å². The zero-order chi connectivity index (χ0) is 15.1. The molecule has 1 N–H and O–H groups in total. The van der Waals surface area contributed by atoms with Gasteiger partial charge < -0.3 is 19.3 Å². The molecule has 0 radical (unpaired) electrons. The van der Waals surface area contributed by atoms with E-state index in [2.05, 4.69) is 6.58 Å². The third kappa shape index (κ3) is 2.83. The first kappa shape index (κ1) is 14.9. The minimum atomic E-state index is -1.21. The second-order valence-electron chi connectivity index (χ2n) is 6.65. The van der Waals surface area contributed by atoms with E-state index in [1.165, 1.54) is 6.08 Å². The van der Waals surface area contributed by atoms with Crippen LogP contribution in [0.1, 0.15) is 19.8 Å². The van der Waals surface area contributed by atoms with E-state index in [0.29, 0.717) is 32.7 Å². The van der Waals surface area contributed by atoms with Crippen molar-refractivity contribution in [2.24, 2.45) is 17.3 Å². The molecule has 4 rings (SSSR count). The number of fused-ring (bicyclic) bond motifs is 3. The fraction of sp³-hybridized carbons (Fsp3) is 0.688. The average molecular weight is 294 g/mol. The highest BCUT2D eigenvalue weighted by Crippen LogP contribution is 2.39. The molecular formula is C16H22O5. The van der Waals surface area contributed by atoms with E-state index in [4.69, 9.17) is 14.2 Å². The zero-order valence-electron chi connectivity index (χ0n) is 12.3. The van der Waals surface area contributed by atoms with Crippen LogP contribution in [-0.2, 0) is 19.0 Å². The van der Waals surface area contributed by atoms with Crippen LogP contribution >= 0.6 is 0 Å². The van der Waals surface area contributed by atoms with Gasteiger partial charge in [0.05, 0.1) is 25.9 Å². The summed E-state index contributed by atoms with van der Waals surface area (Å²) in [6.07, 6.45) is 5.42.